The number of carbonyl (C=O) groups is 2. The predicted octanol–water partition coefficient (Wildman–Crippen LogP) is -0.134. The number of aryl methyl sites for hydroxylation is 1. The molecule has 108 valence electrons. The summed E-state index contributed by atoms with van der Waals surface area (Å²) in [4.78, 5) is 30.1. The Morgan fingerprint density at radius 2 is 2.05 bits per heavy atom. The molecule has 0 unspecified atom stereocenters. The van der Waals surface area contributed by atoms with Crippen molar-refractivity contribution in [2.45, 2.75) is 31.8 Å². The lowest BCUT2D eigenvalue weighted by Crippen LogP contribution is -2.54. The molecule has 7 nitrogen and oxygen atoms in total. The number of hydrogen-bond donors (Lipinski definition) is 2. The summed E-state index contributed by atoms with van der Waals surface area (Å²) in [5, 5.41) is 6.10. The summed E-state index contributed by atoms with van der Waals surface area (Å²) in [6.45, 7) is 4.40. The van der Waals surface area contributed by atoms with Crippen LogP contribution in [0.2, 0.25) is 0 Å². The molecule has 0 saturated carbocycles. The maximum absolute atomic E-state index is 12.5. The monoisotopic (exact) mass is 277 g/mol. The van der Waals surface area contributed by atoms with Crippen molar-refractivity contribution in [1.29, 1.82) is 0 Å². The molecule has 3 amide bonds. The highest BCUT2D eigenvalue weighted by molar-refractivity contribution is 6.07. The molecule has 3 heterocycles. The first-order chi connectivity index (χ1) is 9.62. The number of aromatic nitrogens is 2. The van der Waals surface area contributed by atoms with E-state index >= 15 is 0 Å². The Bertz CT molecular complexity index is 533. The highest BCUT2D eigenvalue weighted by Crippen LogP contribution is 2.26. The summed E-state index contributed by atoms with van der Waals surface area (Å²) in [7, 11) is 0. The molecule has 0 bridgehead atoms. The van der Waals surface area contributed by atoms with Crippen LogP contribution in [-0.2, 0) is 11.3 Å². The van der Waals surface area contributed by atoms with E-state index in [9.17, 15) is 9.59 Å². The fourth-order valence-electron chi connectivity index (χ4n) is 2.92. The van der Waals surface area contributed by atoms with Crippen molar-refractivity contribution in [3.8, 4) is 0 Å². The van der Waals surface area contributed by atoms with Crippen LogP contribution in [0.25, 0.3) is 0 Å². The molecule has 7 heteroatoms. The van der Waals surface area contributed by atoms with Gasteiger partial charge >= 0.3 is 6.03 Å². The van der Waals surface area contributed by atoms with E-state index in [4.69, 9.17) is 0 Å². The topological polar surface area (TPSA) is 79.3 Å². The van der Waals surface area contributed by atoms with Gasteiger partial charge in [-0.1, -0.05) is 0 Å². The van der Waals surface area contributed by atoms with E-state index in [1.165, 1.54) is 4.90 Å². The van der Waals surface area contributed by atoms with Crippen molar-refractivity contribution in [2.24, 2.45) is 0 Å². The molecule has 2 N–H and O–H groups in total. The number of urea groups is 1. The SMILES string of the molecule is Cc1nccn1CCN1C(=O)NC2(CCNCC2)C1=O. The second-order valence-corrected chi connectivity index (χ2v) is 5.39. The van der Waals surface area contributed by atoms with Gasteiger partial charge in [-0.05, 0) is 32.9 Å². The van der Waals surface area contributed by atoms with Crippen molar-refractivity contribution in [3.63, 3.8) is 0 Å². The van der Waals surface area contributed by atoms with Crippen molar-refractivity contribution in [2.75, 3.05) is 19.6 Å². The predicted molar refractivity (Wildman–Crippen MR) is 72.0 cm³/mol. The van der Waals surface area contributed by atoms with E-state index in [-0.39, 0.29) is 11.9 Å². The molecule has 2 aliphatic rings. The van der Waals surface area contributed by atoms with Crippen LogP contribution in [0.15, 0.2) is 12.4 Å². The molecular formula is C13H19N5O2. The second kappa shape index (κ2) is 4.90. The number of carbonyl (C=O) groups excluding carboxylic acids is 2. The maximum Gasteiger partial charge on any atom is 0.325 e. The minimum atomic E-state index is -0.674. The van der Waals surface area contributed by atoms with E-state index < -0.39 is 5.54 Å². The first-order valence-corrected chi connectivity index (χ1v) is 6.95. The Hall–Kier alpha value is -1.89. The summed E-state index contributed by atoms with van der Waals surface area (Å²) in [6, 6.07) is -0.269. The molecule has 0 radical (unpaired) electrons. The van der Waals surface area contributed by atoms with E-state index in [2.05, 4.69) is 15.6 Å². The number of piperidine rings is 1. The highest BCUT2D eigenvalue weighted by atomic mass is 16.2. The average Bonchev–Trinajstić information content (AvgIpc) is 2.93. The smallest absolute Gasteiger partial charge is 0.325 e. The van der Waals surface area contributed by atoms with Crippen LogP contribution in [0.1, 0.15) is 18.7 Å². The molecular weight excluding hydrogens is 258 g/mol. The van der Waals surface area contributed by atoms with Gasteiger partial charge in [-0.3, -0.25) is 9.69 Å². The third-order valence-electron chi connectivity index (χ3n) is 4.19. The molecule has 20 heavy (non-hydrogen) atoms. The third kappa shape index (κ3) is 2.07. The number of amides is 3. The number of hydrogen-bond acceptors (Lipinski definition) is 4. The van der Waals surface area contributed by atoms with Crippen molar-refractivity contribution in [3.05, 3.63) is 18.2 Å². The highest BCUT2D eigenvalue weighted by Gasteiger charge is 2.51. The van der Waals surface area contributed by atoms with Gasteiger partial charge in [-0.25, -0.2) is 9.78 Å². The van der Waals surface area contributed by atoms with Gasteiger partial charge < -0.3 is 15.2 Å². The van der Waals surface area contributed by atoms with Crippen molar-refractivity contribution >= 4 is 11.9 Å². The van der Waals surface area contributed by atoms with Crippen molar-refractivity contribution < 1.29 is 9.59 Å². The first-order valence-electron chi connectivity index (χ1n) is 6.95. The second-order valence-electron chi connectivity index (χ2n) is 5.39. The molecule has 2 aliphatic heterocycles. The molecule has 2 saturated heterocycles. The summed E-state index contributed by atoms with van der Waals surface area (Å²) in [5.74, 6) is 0.801. The van der Waals surface area contributed by atoms with Crippen LogP contribution in [0.3, 0.4) is 0 Å². The molecule has 0 aromatic carbocycles. The van der Waals surface area contributed by atoms with Crippen LogP contribution >= 0.6 is 0 Å². The first kappa shape index (κ1) is 13.1. The van der Waals surface area contributed by atoms with Gasteiger partial charge in [-0.2, -0.15) is 0 Å². The molecule has 0 aliphatic carbocycles. The Labute approximate surface area is 117 Å². The van der Waals surface area contributed by atoms with E-state index in [1.807, 2.05) is 17.7 Å². The van der Waals surface area contributed by atoms with Crippen LogP contribution in [0.4, 0.5) is 4.79 Å². The van der Waals surface area contributed by atoms with Gasteiger partial charge in [0.2, 0.25) is 0 Å². The minimum absolute atomic E-state index is 0.0817. The van der Waals surface area contributed by atoms with Crippen LogP contribution < -0.4 is 10.6 Å². The molecule has 0 atom stereocenters. The molecule has 2 fully saturated rings. The number of imidazole rings is 1. The zero-order valence-electron chi connectivity index (χ0n) is 11.6. The van der Waals surface area contributed by atoms with E-state index in [1.54, 1.807) is 6.20 Å². The Kier molecular flexibility index (Phi) is 3.21. The Morgan fingerprint density at radius 1 is 1.30 bits per heavy atom. The Balaban J connectivity index is 1.69. The van der Waals surface area contributed by atoms with Gasteiger partial charge in [0.05, 0.1) is 0 Å². The standard InChI is InChI=1S/C13H19N5O2/c1-10-15-6-7-17(10)8-9-18-11(19)13(16-12(18)20)2-4-14-5-3-13/h6-7,14H,2-5,8-9H2,1H3,(H,16,20). The van der Waals surface area contributed by atoms with Gasteiger partial charge in [0.15, 0.2) is 0 Å². The maximum atomic E-state index is 12.5. The van der Waals surface area contributed by atoms with E-state index in [0.29, 0.717) is 25.9 Å². The number of nitrogens with one attached hydrogen (secondary N) is 2. The van der Waals surface area contributed by atoms with Gasteiger partial charge in [0.1, 0.15) is 11.4 Å². The van der Waals surface area contributed by atoms with Gasteiger partial charge in [0.25, 0.3) is 5.91 Å². The van der Waals surface area contributed by atoms with Gasteiger partial charge in [-0.15, -0.1) is 0 Å². The number of nitrogens with zero attached hydrogens (tertiary/aromatic N) is 3. The largest absolute Gasteiger partial charge is 0.333 e. The Morgan fingerprint density at radius 3 is 2.70 bits per heavy atom. The molecule has 3 rings (SSSR count). The fraction of sp³-hybridized carbons (Fsp3) is 0.615. The average molecular weight is 277 g/mol. The van der Waals surface area contributed by atoms with E-state index in [0.717, 1.165) is 18.9 Å². The quantitative estimate of drug-likeness (QED) is 0.754. The zero-order chi connectivity index (χ0) is 14.2. The molecule has 1 aromatic rings. The lowest BCUT2D eigenvalue weighted by molar-refractivity contribution is -0.132. The third-order valence-corrected chi connectivity index (χ3v) is 4.19. The van der Waals surface area contributed by atoms with Crippen LogP contribution in [0, 0.1) is 6.92 Å². The fourth-order valence-corrected chi connectivity index (χ4v) is 2.92. The number of rotatable bonds is 3. The van der Waals surface area contributed by atoms with Crippen LogP contribution in [-0.4, -0.2) is 51.6 Å². The number of imide groups is 1. The lowest BCUT2D eigenvalue weighted by atomic mass is 9.88. The minimum Gasteiger partial charge on any atom is -0.333 e. The summed E-state index contributed by atoms with van der Waals surface area (Å²) >= 11 is 0. The van der Waals surface area contributed by atoms with Crippen molar-refractivity contribution in [1.82, 2.24) is 25.1 Å². The van der Waals surface area contributed by atoms with Gasteiger partial charge in [0, 0.05) is 25.5 Å². The normalized spacial score (nSPS) is 21.6. The summed E-state index contributed by atoms with van der Waals surface area (Å²) in [6.07, 6.45) is 4.90. The zero-order valence-corrected chi connectivity index (χ0v) is 11.6. The lowest BCUT2D eigenvalue weighted by Gasteiger charge is -2.31. The summed E-state index contributed by atoms with van der Waals surface area (Å²) < 4.78 is 1.94. The molecule has 1 aromatic heterocycles. The molecule has 1 spiro atoms. The van der Waals surface area contributed by atoms with Crippen LogP contribution in [0.5, 0.6) is 0 Å². The summed E-state index contributed by atoms with van der Waals surface area (Å²) in [5.41, 5.74) is -0.674.